The highest BCUT2D eigenvalue weighted by Gasteiger charge is 2.08. The van der Waals surface area contributed by atoms with E-state index in [0.29, 0.717) is 11.4 Å². The summed E-state index contributed by atoms with van der Waals surface area (Å²) in [5, 5.41) is 0. The molecule has 0 saturated carbocycles. The number of ether oxygens (including phenoxy) is 1. The van der Waals surface area contributed by atoms with E-state index in [1.54, 1.807) is 18.2 Å². The molecule has 4 heteroatoms. The minimum absolute atomic E-state index is 0.208. The number of unbranched alkanes of at least 4 members (excludes halogenated alkanes) is 2. The maximum atomic E-state index is 13.9. The maximum Gasteiger partial charge on any atom is 0.165 e. The molecule has 0 N–H and O–H groups in total. The molecule has 0 spiro atoms. The van der Waals surface area contributed by atoms with Gasteiger partial charge in [-0.3, -0.25) is 0 Å². The standard InChI is InChI=1S/C18H21FN2O/c1-3-5-6-7-14-12-20-18(21-13-14)15-8-9-17(16(19)11-15)22-10-4-2/h4,8-9,11-13H,2-3,5-7,10H2,1H3. The Balaban J connectivity index is 2.07. The highest BCUT2D eigenvalue weighted by Crippen LogP contribution is 2.23. The Morgan fingerprint density at radius 3 is 2.64 bits per heavy atom. The quantitative estimate of drug-likeness (QED) is 0.528. The molecule has 116 valence electrons. The zero-order valence-electron chi connectivity index (χ0n) is 12.9. The molecule has 2 rings (SSSR count). The van der Waals surface area contributed by atoms with Crippen molar-refractivity contribution in [1.82, 2.24) is 9.97 Å². The van der Waals surface area contributed by atoms with Crippen molar-refractivity contribution in [1.29, 1.82) is 0 Å². The number of hydrogen-bond acceptors (Lipinski definition) is 3. The van der Waals surface area contributed by atoms with Crippen LogP contribution < -0.4 is 4.74 Å². The summed E-state index contributed by atoms with van der Waals surface area (Å²) in [6, 6.07) is 4.74. The number of nitrogens with zero attached hydrogens (tertiary/aromatic N) is 2. The van der Waals surface area contributed by atoms with Crippen molar-refractivity contribution in [2.24, 2.45) is 0 Å². The molecular formula is C18H21FN2O. The number of aryl methyl sites for hydroxylation is 1. The van der Waals surface area contributed by atoms with Crippen LogP contribution in [-0.4, -0.2) is 16.6 Å². The number of rotatable bonds is 8. The SMILES string of the molecule is C=CCOc1ccc(-c2ncc(CCCCC)cn2)cc1F. The van der Waals surface area contributed by atoms with Gasteiger partial charge in [0, 0.05) is 18.0 Å². The Hall–Kier alpha value is -2.23. The van der Waals surface area contributed by atoms with Gasteiger partial charge in [-0.2, -0.15) is 0 Å². The molecule has 0 saturated heterocycles. The maximum absolute atomic E-state index is 13.9. The van der Waals surface area contributed by atoms with Gasteiger partial charge in [0.1, 0.15) is 6.61 Å². The van der Waals surface area contributed by atoms with Crippen LogP contribution in [0.5, 0.6) is 5.75 Å². The Kier molecular flexibility index (Phi) is 6.07. The lowest BCUT2D eigenvalue weighted by Crippen LogP contribution is -1.97. The number of benzene rings is 1. The fraction of sp³-hybridized carbons (Fsp3) is 0.333. The van der Waals surface area contributed by atoms with Crippen LogP contribution in [0.4, 0.5) is 4.39 Å². The fourth-order valence-electron chi connectivity index (χ4n) is 2.12. The van der Waals surface area contributed by atoms with E-state index in [1.807, 2.05) is 12.4 Å². The molecular weight excluding hydrogens is 279 g/mol. The van der Waals surface area contributed by atoms with Crippen molar-refractivity contribution in [3.8, 4) is 17.1 Å². The van der Waals surface area contributed by atoms with Crippen molar-refractivity contribution in [3.63, 3.8) is 0 Å². The molecule has 0 unspecified atom stereocenters. The van der Waals surface area contributed by atoms with E-state index in [-0.39, 0.29) is 12.4 Å². The lowest BCUT2D eigenvalue weighted by Gasteiger charge is -2.07. The highest BCUT2D eigenvalue weighted by molar-refractivity contribution is 5.56. The molecule has 2 aromatic rings. The van der Waals surface area contributed by atoms with Crippen LogP contribution in [0.3, 0.4) is 0 Å². The van der Waals surface area contributed by atoms with E-state index in [1.165, 1.54) is 18.9 Å². The van der Waals surface area contributed by atoms with E-state index in [9.17, 15) is 4.39 Å². The Bertz CT molecular complexity index is 611. The number of aromatic nitrogens is 2. The van der Waals surface area contributed by atoms with E-state index in [4.69, 9.17) is 4.74 Å². The minimum atomic E-state index is -0.421. The molecule has 0 radical (unpaired) electrons. The van der Waals surface area contributed by atoms with Gasteiger partial charge < -0.3 is 4.74 Å². The lowest BCUT2D eigenvalue weighted by molar-refractivity contribution is 0.342. The van der Waals surface area contributed by atoms with Gasteiger partial charge in [0.2, 0.25) is 0 Å². The molecule has 1 aromatic carbocycles. The minimum Gasteiger partial charge on any atom is -0.486 e. The second-order valence-electron chi connectivity index (χ2n) is 5.12. The molecule has 0 aliphatic carbocycles. The zero-order valence-corrected chi connectivity index (χ0v) is 12.9. The zero-order chi connectivity index (χ0) is 15.8. The average Bonchev–Trinajstić information content (AvgIpc) is 2.54. The highest BCUT2D eigenvalue weighted by atomic mass is 19.1. The van der Waals surface area contributed by atoms with Gasteiger partial charge in [0.15, 0.2) is 17.4 Å². The van der Waals surface area contributed by atoms with Crippen molar-refractivity contribution in [3.05, 3.63) is 54.6 Å². The predicted molar refractivity (Wildman–Crippen MR) is 86.3 cm³/mol. The molecule has 22 heavy (non-hydrogen) atoms. The van der Waals surface area contributed by atoms with Crippen LogP contribution in [0.2, 0.25) is 0 Å². The van der Waals surface area contributed by atoms with Gasteiger partial charge in [-0.25, -0.2) is 14.4 Å². The van der Waals surface area contributed by atoms with Crippen LogP contribution in [0.15, 0.2) is 43.2 Å². The van der Waals surface area contributed by atoms with Gasteiger partial charge in [-0.05, 0) is 36.6 Å². The van der Waals surface area contributed by atoms with Crippen molar-refractivity contribution < 1.29 is 9.13 Å². The van der Waals surface area contributed by atoms with Gasteiger partial charge >= 0.3 is 0 Å². The normalized spacial score (nSPS) is 10.5. The Morgan fingerprint density at radius 1 is 1.23 bits per heavy atom. The summed E-state index contributed by atoms with van der Waals surface area (Å²) in [5.41, 5.74) is 1.76. The van der Waals surface area contributed by atoms with Gasteiger partial charge in [0.25, 0.3) is 0 Å². The summed E-state index contributed by atoms with van der Waals surface area (Å²) in [4.78, 5) is 8.65. The predicted octanol–water partition coefficient (Wildman–Crippen LogP) is 4.58. The molecule has 0 aliphatic rings. The smallest absolute Gasteiger partial charge is 0.165 e. The van der Waals surface area contributed by atoms with E-state index < -0.39 is 5.82 Å². The van der Waals surface area contributed by atoms with Crippen molar-refractivity contribution in [2.75, 3.05) is 6.61 Å². The molecule has 3 nitrogen and oxygen atoms in total. The van der Waals surface area contributed by atoms with Crippen LogP contribution in [-0.2, 0) is 6.42 Å². The monoisotopic (exact) mass is 300 g/mol. The number of hydrogen-bond donors (Lipinski definition) is 0. The summed E-state index contributed by atoms with van der Waals surface area (Å²) < 4.78 is 19.1. The summed E-state index contributed by atoms with van der Waals surface area (Å²) in [6.07, 6.45) is 9.74. The fourth-order valence-corrected chi connectivity index (χ4v) is 2.12. The molecule has 0 aliphatic heterocycles. The molecule has 1 heterocycles. The van der Waals surface area contributed by atoms with Crippen molar-refractivity contribution >= 4 is 0 Å². The van der Waals surface area contributed by atoms with Gasteiger partial charge in [0.05, 0.1) is 0 Å². The molecule has 0 fully saturated rings. The van der Waals surface area contributed by atoms with E-state index >= 15 is 0 Å². The first kappa shape index (κ1) is 16.1. The van der Waals surface area contributed by atoms with Crippen molar-refractivity contribution in [2.45, 2.75) is 32.6 Å². The van der Waals surface area contributed by atoms with Crippen LogP contribution in [0.25, 0.3) is 11.4 Å². The third-order valence-electron chi connectivity index (χ3n) is 3.32. The number of halogens is 1. The Morgan fingerprint density at radius 2 is 2.00 bits per heavy atom. The first-order valence-corrected chi connectivity index (χ1v) is 7.59. The van der Waals surface area contributed by atoms with Crippen LogP contribution in [0, 0.1) is 5.82 Å². The summed E-state index contributed by atoms with van der Waals surface area (Å²) in [5.74, 6) is 0.309. The lowest BCUT2D eigenvalue weighted by atomic mass is 10.1. The van der Waals surface area contributed by atoms with Crippen LogP contribution >= 0.6 is 0 Å². The second-order valence-corrected chi connectivity index (χ2v) is 5.12. The first-order valence-electron chi connectivity index (χ1n) is 7.59. The summed E-state index contributed by atoms with van der Waals surface area (Å²) in [7, 11) is 0. The topological polar surface area (TPSA) is 35.0 Å². The molecule has 0 bridgehead atoms. The average molecular weight is 300 g/mol. The van der Waals surface area contributed by atoms with Gasteiger partial charge in [-0.15, -0.1) is 0 Å². The van der Waals surface area contributed by atoms with E-state index in [2.05, 4.69) is 23.5 Å². The Labute approximate surface area is 130 Å². The third-order valence-corrected chi connectivity index (χ3v) is 3.32. The second kappa shape index (κ2) is 8.27. The molecule has 0 atom stereocenters. The largest absolute Gasteiger partial charge is 0.486 e. The van der Waals surface area contributed by atoms with E-state index in [0.717, 1.165) is 18.4 Å². The van der Waals surface area contributed by atoms with Gasteiger partial charge in [-0.1, -0.05) is 32.4 Å². The molecule has 0 amide bonds. The summed E-state index contributed by atoms with van der Waals surface area (Å²) >= 11 is 0. The first-order chi connectivity index (χ1) is 10.7. The van der Waals surface area contributed by atoms with Crippen LogP contribution in [0.1, 0.15) is 31.7 Å². The molecule has 1 aromatic heterocycles. The third kappa shape index (κ3) is 4.38. The summed E-state index contributed by atoms with van der Waals surface area (Å²) in [6.45, 7) is 5.99.